The second-order valence-corrected chi connectivity index (χ2v) is 8.42. The number of methoxy groups -OCH3 is 1. The van der Waals surface area contributed by atoms with Gasteiger partial charge in [-0.2, -0.15) is 11.3 Å². The van der Waals surface area contributed by atoms with Crippen LogP contribution in [0.25, 0.3) is 12.2 Å². The van der Waals surface area contributed by atoms with Gasteiger partial charge in [0.2, 0.25) is 0 Å². The molecule has 0 radical (unpaired) electrons. The van der Waals surface area contributed by atoms with E-state index in [0.29, 0.717) is 19.8 Å². The van der Waals surface area contributed by atoms with Crippen molar-refractivity contribution >= 4 is 23.5 Å². The Morgan fingerprint density at radius 1 is 1.21 bits per heavy atom. The molecule has 29 heavy (non-hydrogen) atoms. The zero-order chi connectivity index (χ0) is 21.0. The van der Waals surface area contributed by atoms with E-state index in [0.717, 1.165) is 23.5 Å². The molecular weight excluding hydrogens is 380 g/mol. The van der Waals surface area contributed by atoms with E-state index in [9.17, 15) is 0 Å². The Bertz CT molecular complexity index is 865. The highest BCUT2D eigenvalue weighted by Gasteiger charge is 2.03. The smallest absolute Gasteiger partial charge is 0.130 e. The second kappa shape index (κ2) is 12.3. The molecule has 2 aromatic rings. The molecule has 2 heterocycles. The maximum atomic E-state index is 5.85. The third-order valence-electron chi connectivity index (χ3n) is 3.70. The van der Waals surface area contributed by atoms with Gasteiger partial charge in [-0.05, 0) is 79.4 Å². The Balaban J connectivity index is 1.84. The van der Waals surface area contributed by atoms with Crippen molar-refractivity contribution in [2.45, 2.75) is 33.8 Å². The van der Waals surface area contributed by atoms with Crippen LogP contribution in [0.4, 0.5) is 0 Å². The molecule has 4 heteroatoms. The number of rotatable bonds is 10. The highest BCUT2D eigenvalue weighted by Crippen LogP contribution is 2.16. The van der Waals surface area contributed by atoms with E-state index >= 15 is 0 Å². The van der Waals surface area contributed by atoms with Crippen LogP contribution in [-0.2, 0) is 16.1 Å². The molecule has 0 amide bonds. The van der Waals surface area contributed by atoms with Crippen LogP contribution < -0.4 is 0 Å². The summed E-state index contributed by atoms with van der Waals surface area (Å²) in [7, 11) is 1.70. The lowest BCUT2D eigenvalue weighted by molar-refractivity contribution is 0.131. The Labute approximate surface area is 178 Å². The Morgan fingerprint density at radius 3 is 2.79 bits per heavy atom. The third-order valence-corrected chi connectivity index (χ3v) is 4.40. The number of thiophene rings is 1. The first-order chi connectivity index (χ1) is 14.0. The molecule has 0 aliphatic heterocycles. The van der Waals surface area contributed by atoms with Crippen LogP contribution in [-0.4, -0.2) is 20.3 Å². The van der Waals surface area contributed by atoms with Gasteiger partial charge in [0, 0.05) is 12.5 Å². The van der Waals surface area contributed by atoms with E-state index in [1.165, 1.54) is 5.56 Å². The molecule has 0 aromatic carbocycles. The Hall–Kier alpha value is -2.32. The first-order valence-corrected chi connectivity index (χ1v) is 10.6. The van der Waals surface area contributed by atoms with Crippen LogP contribution in [0.2, 0.25) is 0 Å². The number of hydrogen-bond acceptors (Lipinski definition) is 4. The lowest BCUT2D eigenvalue weighted by Crippen LogP contribution is -1.98. The summed E-state index contributed by atoms with van der Waals surface area (Å²) in [6.45, 7) is 7.85. The molecule has 0 N–H and O–H groups in total. The van der Waals surface area contributed by atoms with Gasteiger partial charge in [0.1, 0.15) is 18.1 Å². The van der Waals surface area contributed by atoms with Crippen molar-refractivity contribution in [2.24, 2.45) is 5.41 Å². The van der Waals surface area contributed by atoms with Gasteiger partial charge in [-0.15, -0.1) is 0 Å². The maximum Gasteiger partial charge on any atom is 0.130 e. The lowest BCUT2D eigenvalue weighted by Gasteiger charge is -2.06. The van der Waals surface area contributed by atoms with Crippen molar-refractivity contribution in [2.75, 3.05) is 20.3 Å². The van der Waals surface area contributed by atoms with E-state index in [1.807, 2.05) is 30.4 Å². The van der Waals surface area contributed by atoms with E-state index in [2.05, 4.69) is 61.6 Å². The van der Waals surface area contributed by atoms with Crippen molar-refractivity contribution < 1.29 is 13.9 Å². The van der Waals surface area contributed by atoms with E-state index in [1.54, 1.807) is 18.4 Å². The average molecular weight is 411 g/mol. The summed E-state index contributed by atoms with van der Waals surface area (Å²) in [5.74, 6) is 7.90. The quantitative estimate of drug-likeness (QED) is 0.327. The summed E-state index contributed by atoms with van der Waals surface area (Å²) in [5, 5.41) is 4.16. The van der Waals surface area contributed by atoms with Gasteiger partial charge in [-0.3, -0.25) is 0 Å². The molecule has 2 aromatic heterocycles. The zero-order valence-electron chi connectivity index (χ0n) is 17.7. The molecule has 0 atom stereocenters. The minimum atomic E-state index is 0.0157. The van der Waals surface area contributed by atoms with E-state index in [-0.39, 0.29) is 5.41 Å². The van der Waals surface area contributed by atoms with E-state index in [4.69, 9.17) is 13.9 Å². The molecule has 0 aliphatic rings. The van der Waals surface area contributed by atoms with Gasteiger partial charge in [-0.25, -0.2) is 0 Å². The minimum Gasteiger partial charge on any atom is -0.459 e. The highest BCUT2D eigenvalue weighted by atomic mass is 32.1. The molecular formula is C25H30O3S. The largest absolute Gasteiger partial charge is 0.459 e. The molecule has 0 saturated heterocycles. The predicted molar refractivity (Wildman–Crippen MR) is 123 cm³/mol. The summed E-state index contributed by atoms with van der Waals surface area (Å²) in [6.07, 6.45) is 10.8. The Morgan fingerprint density at radius 2 is 2.07 bits per heavy atom. The summed E-state index contributed by atoms with van der Waals surface area (Å²) in [6, 6.07) is 5.98. The monoisotopic (exact) mass is 410 g/mol. The first-order valence-electron chi connectivity index (χ1n) is 9.67. The van der Waals surface area contributed by atoms with Crippen LogP contribution in [0.1, 0.15) is 44.3 Å². The molecule has 154 valence electrons. The summed E-state index contributed by atoms with van der Waals surface area (Å²) >= 11 is 1.69. The van der Waals surface area contributed by atoms with Crippen molar-refractivity contribution in [3.63, 3.8) is 0 Å². The van der Waals surface area contributed by atoms with Gasteiger partial charge in [-0.1, -0.05) is 30.1 Å². The zero-order valence-corrected chi connectivity index (χ0v) is 18.6. The van der Waals surface area contributed by atoms with Gasteiger partial charge in [0.25, 0.3) is 0 Å². The number of ether oxygens (including phenoxy) is 2. The van der Waals surface area contributed by atoms with Crippen LogP contribution in [0, 0.1) is 17.3 Å². The minimum absolute atomic E-state index is 0.0157. The number of hydrogen-bond donors (Lipinski definition) is 0. The first kappa shape index (κ1) is 23.0. The highest BCUT2D eigenvalue weighted by molar-refractivity contribution is 7.08. The topological polar surface area (TPSA) is 31.6 Å². The van der Waals surface area contributed by atoms with Gasteiger partial charge < -0.3 is 13.9 Å². The molecule has 0 aliphatic carbocycles. The van der Waals surface area contributed by atoms with Crippen LogP contribution in [0.15, 0.2) is 57.2 Å². The summed E-state index contributed by atoms with van der Waals surface area (Å²) < 4.78 is 16.8. The molecule has 3 nitrogen and oxygen atoms in total. The fraction of sp³-hybridized carbons (Fsp3) is 0.360. The molecule has 2 rings (SSSR count). The normalized spacial score (nSPS) is 12.6. The number of allylic oxidation sites excluding steroid dienone is 2. The van der Waals surface area contributed by atoms with Crippen molar-refractivity contribution in [3.8, 4) is 11.8 Å². The molecule has 0 bridgehead atoms. The molecule has 0 spiro atoms. The van der Waals surface area contributed by atoms with Gasteiger partial charge in [0.05, 0.1) is 13.2 Å². The fourth-order valence-electron chi connectivity index (χ4n) is 2.40. The molecule has 0 fully saturated rings. The predicted octanol–water partition coefficient (Wildman–Crippen LogP) is 6.60. The maximum absolute atomic E-state index is 5.85. The Kier molecular flexibility index (Phi) is 9.73. The fourth-order valence-corrected chi connectivity index (χ4v) is 3.03. The van der Waals surface area contributed by atoms with Crippen LogP contribution in [0.5, 0.6) is 0 Å². The second-order valence-electron chi connectivity index (χ2n) is 7.64. The molecule has 0 unspecified atom stereocenters. The van der Waals surface area contributed by atoms with E-state index < -0.39 is 0 Å². The average Bonchev–Trinajstić information content (AvgIpc) is 3.32. The van der Waals surface area contributed by atoms with Gasteiger partial charge >= 0.3 is 0 Å². The van der Waals surface area contributed by atoms with Crippen molar-refractivity contribution in [3.05, 3.63) is 69.8 Å². The summed E-state index contributed by atoms with van der Waals surface area (Å²) in [4.78, 5) is 0. The van der Waals surface area contributed by atoms with Crippen molar-refractivity contribution in [1.29, 1.82) is 0 Å². The SMILES string of the molecule is COCC(=Cc1ccc(COCC=Cc2ccsc2)o1)CC=CC#CC(C)(C)C. The van der Waals surface area contributed by atoms with Crippen LogP contribution >= 0.6 is 11.3 Å². The molecule has 0 saturated carbocycles. The third kappa shape index (κ3) is 10.1. The van der Waals surface area contributed by atoms with Crippen molar-refractivity contribution in [1.82, 2.24) is 0 Å². The number of furan rings is 1. The van der Waals surface area contributed by atoms with Crippen LogP contribution in [0.3, 0.4) is 0 Å². The standard InChI is InChI=1S/C25H30O3S/c1-25(2,3)14-7-5-6-9-22(18-26-4)17-23-11-12-24(28-23)19-27-15-8-10-21-13-16-29-20-21/h5-6,8,10-13,16-17,20H,9,15,18-19H2,1-4H3. The summed E-state index contributed by atoms with van der Waals surface area (Å²) in [5.41, 5.74) is 2.34. The van der Waals surface area contributed by atoms with Gasteiger partial charge in [0.15, 0.2) is 0 Å². The lowest BCUT2D eigenvalue weighted by atomic mass is 9.98.